The average molecular weight is 255 g/mol. The van der Waals surface area contributed by atoms with Gasteiger partial charge in [-0.2, -0.15) is 0 Å². The van der Waals surface area contributed by atoms with Crippen LogP contribution in [0.25, 0.3) is 0 Å². The maximum atomic E-state index is 11.5. The van der Waals surface area contributed by atoms with E-state index in [1.54, 1.807) is 16.7 Å². The van der Waals surface area contributed by atoms with Crippen molar-refractivity contribution in [1.29, 1.82) is 0 Å². The SMILES string of the molecule is O=S1(=O)CCCN1CCNCc1cccnc1. The van der Waals surface area contributed by atoms with Gasteiger partial charge in [0.15, 0.2) is 0 Å². The van der Waals surface area contributed by atoms with E-state index >= 15 is 0 Å². The molecule has 1 N–H and O–H groups in total. The number of pyridine rings is 1. The molecule has 1 fully saturated rings. The van der Waals surface area contributed by atoms with E-state index in [-0.39, 0.29) is 0 Å². The maximum Gasteiger partial charge on any atom is 0.214 e. The molecule has 0 aromatic carbocycles. The topological polar surface area (TPSA) is 62.3 Å². The second-order valence-electron chi connectivity index (χ2n) is 4.11. The first-order chi connectivity index (χ1) is 8.18. The normalized spacial score (nSPS) is 19.5. The Bertz CT molecular complexity index is 447. The molecule has 0 atom stereocenters. The summed E-state index contributed by atoms with van der Waals surface area (Å²) < 4.78 is 24.6. The Morgan fingerprint density at radius 1 is 1.47 bits per heavy atom. The molecule has 5 nitrogen and oxygen atoms in total. The van der Waals surface area contributed by atoms with E-state index in [1.807, 2.05) is 12.1 Å². The standard InChI is InChI=1S/C11H17N3O2S/c15-17(16)8-2-6-14(17)7-5-13-10-11-3-1-4-12-9-11/h1,3-4,9,13H,2,5-8,10H2. The maximum absolute atomic E-state index is 11.5. The van der Waals surface area contributed by atoms with E-state index in [0.717, 1.165) is 18.5 Å². The molecule has 17 heavy (non-hydrogen) atoms. The molecule has 0 amide bonds. The Morgan fingerprint density at radius 2 is 2.35 bits per heavy atom. The summed E-state index contributed by atoms with van der Waals surface area (Å²) in [5, 5.41) is 3.22. The van der Waals surface area contributed by atoms with Gasteiger partial charge in [0.1, 0.15) is 0 Å². The number of sulfonamides is 1. The van der Waals surface area contributed by atoms with Crippen molar-refractivity contribution in [2.45, 2.75) is 13.0 Å². The lowest BCUT2D eigenvalue weighted by molar-refractivity contribution is 0.434. The predicted octanol–water partition coefficient (Wildman–Crippen LogP) is 0.207. The molecule has 0 spiro atoms. The third-order valence-corrected chi connectivity index (χ3v) is 4.75. The Hall–Kier alpha value is -0.980. The summed E-state index contributed by atoms with van der Waals surface area (Å²) in [5.74, 6) is 0.301. The van der Waals surface area contributed by atoms with Crippen molar-refractivity contribution < 1.29 is 8.42 Å². The molecule has 1 aliphatic rings. The van der Waals surface area contributed by atoms with Crippen molar-refractivity contribution in [3.63, 3.8) is 0 Å². The van der Waals surface area contributed by atoms with Crippen LogP contribution in [0.1, 0.15) is 12.0 Å². The fourth-order valence-electron chi connectivity index (χ4n) is 1.88. The highest BCUT2D eigenvalue weighted by molar-refractivity contribution is 7.89. The second-order valence-corrected chi connectivity index (χ2v) is 6.20. The van der Waals surface area contributed by atoms with E-state index in [9.17, 15) is 8.42 Å². The lowest BCUT2D eigenvalue weighted by Crippen LogP contribution is -2.33. The van der Waals surface area contributed by atoms with Crippen molar-refractivity contribution in [3.05, 3.63) is 30.1 Å². The van der Waals surface area contributed by atoms with Crippen LogP contribution in [0.4, 0.5) is 0 Å². The summed E-state index contributed by atoms with van der Waals surface area (Å²) >= 11 is 0. The zero-order valence-electron chi connectivity index (χ0n) is 9.67. The molecule has 0 radical (unpaired) electrons. The number of nitrogens with one attached hydrogen (secondary N) is 1. The highest BCUT2D eigenvalue weighted by atomic mass is 32.2. The molecule has 0 aliphatic carbocycles. The Labute approximate surface area is 102 Å². The summed E-state index contributed by atoms with van der Waals surface area (Å²) in [7, 11) is -2.95. The minimum Gasteiger partial charge on any atom is -0.311 e. The largest absolute Gasteiger partial charge is 0.311 e. The molecule has 0 saturated carbocycles. The van der Waals surface area contributed by atoms with Crippen LogP contribution in [0.2, 0.25) is 0 Å². The third kappa shape index (κ3) is 3.49. The molecule has 6 heteroatoms. The van der Waals surface area contributed by atoms with Gasteiger partial charge in [0.2, 0.25) is 10.0 Å². The quantitative estimate of drug-likeness (QED) is 0.764. The molecule has 1 aromatic rings. The molecular formula is C11H17N3O2S. The van der Waals surface area contributed by atoms with Gasteiger partial charge in [-0.3, -0.25) is 4.98 Å². The van der Waals surface area contributed by atoms with Crippen LogP contribution in [0.5, 0.6) is 0 Å². The zero-order valence-corrected chi connectivity index (χ0v) is 10.5. The van der Waals surface area contributed by atoms with Crippen LogP contribution in [-0.2, 0) is 16.6 Å². The number of nitrogens with zero attached hydrogens (tertiary/aromatic N) is 2. The summed E-state index contributed by atoms with van der Waals surface area (Å²) in [6.45, 7) is 2.62. The molecular weight excluding hydrogens is 238 g/mol. The van der Waals surface area contributed by atoms with Gasteiger partial charge in [-0.15, -0.1) is 0 Å². The molecule has 1 aromatic heterocycles. The third-order valence-electron chi connectivity index (χ3n) is 2.79. The Balaban J connectivity index is 1.70. The molecule has 0 unspecified atom stereocenters. The van der Waals surface area contributed by atoms with E-state index in [1.165, 1.54) is 0 Å². The molecule has 1 saturated heterocycles. The minimum absolute atomic E-state index is 0.301. The van der Waals surface area contributed by atoms with Gasteiger partial charge in [-0.05, 0) is 18.1 Å². The highest BCUT2D eigenvalue weighted by Gasteiger charge is 2.27. The smallest absolute Gasteiger partial charge is 0.214 e. The fraction of sp³-hybridized carbons (Fsp3) is 0.545. The van der Waals surface area contributed by atoms with Crippen LogP contribution >= 0.6 is 0 Å². The Morgan fingerprint density at radius 3 is 3.00 bits per heavy atom. The molecule has 1 aliphatic heterocycles. The van der Waals surface area contributed by atoms with Gasteiger partial charge in [-0.1, -0.05) is 6.07 Å². The van der Waals surface area contributed by atoms with Crippen molar-refractivity contribution in [2.75, 3.05) is 25.4 Å². The van der Waals surface area contributed by atoms with Gasteiger partial charge in [-0.25, -0.2) is 12.7 Å². The van der Waals surface area contributed by atoms with E-state index in [4.69, 9.17) is 0 Å². The lowest BCUT2D eigenvalue weighted by Gasteiger charge is -2.14. The summed E-state index contributed by atoms with van der Waals surface area (Å²) in [5.41, 5.74) is 1.11. The van der Waals surface area contributed by atoms with Crippen molar-refractivity contribution in [2.24, 2.45) is 0 Å². The Kier molecular flexibility index (Phi) is 4.09. The lowest BCUT2D eigenvalue weighted by atomic mass is 10.3. The number of aromatic nitrogens is 1. The molecule has 2 heterocycles. The summed E-state index contributed by atoms with van der Waals surface area (Å²) in [6, 6.07) is 3.88. The van der Waals surface area contributed by atoms with Gasteiger partial charge in [0.25, 0.3) is 0 Å². The number of hydrogen-bond donors (Lipinski definition) is 1. The van der Waals surface area contributed by atoms with Crippen LogP contribution in [0, 0.1) is 0 Å². The summed E-state index contributed by atoms with van der Waals surface area (Å²) in [6.07, 6.45) is 4.30. The molecule has 94 valence electrons. The first-order valence-corrected chi connectivity index (χ1v) is 7.37. The van der Waals surface area contributed by atoms with E-state index in [2.05, 4.69) is 10.3 Å². The van der Waals surface area contributed by atoms with Crippen molar-refractivity contribution in [3.8, 4) is 0 Å². The molecule has 2 rings (SSSR count). The van der Waals surface area contributed by atoms with Crippen LogP contribution < -0.4 is 5.32 Å². The van der Waals surface area contributed by atoms with Gasteiger partial charge < -0.3 is 5.32 Å². The van der Waals surface area contributed by atoms with E-state index < -0.39 is 10.0 Å². The fourth-order valence-corrected chi connectivity index (χ4v) is 3.41. The molecule has 0 bridgehead atoms. The highest BCUT2D eigenvalue weighted by Crippen LogP contribution is 2.11. The predicted molar refractivity (Wildman–Crippen MR) is 65.9 cm³/mol. The minimum atomic E-state index is -2.95. The zero-order chi connectivity index (χ0) is 12.1. The number of hydrogen-bond acceptors (Lipinski definition) is 4. The van der Waals surface area contributed by atoms with Crippen molar-refractivity contribution in [1.82, 2.24) is 14.6 Å². The van der Waals surface area contributed by atoms with Gasteiger partial charge >= 0.3 is 0 Å². The first kappa shape index (κ1) is 12.5. The van der Waals surface area contributed by atoms with E-state index in [0.29, 0.717) is 25.4 Å². The van der Waals surface area contributed by atoms with Crippen LogP contribution in [0.15, 0.2) is 24.5 Å². The van der Waals surface area contributed by atoms with Crippen LogP contribution in [0.3, 0.4) is 0 Å². The monoisotopic (exact) mass is 255 g/mol. The van der Waals surface area contributed by atoms with Gasteiger partial charge in [0.05, 0.1) is 5.75 Å². The average Bonchev–Trinajstić information content (AvgIpc) is 2.66. The van der Waals surface area contributed by atoms with Gasteiger partial charge in [0, 0.05) is 38.6 Å². The first-order valence-electron chi connectivity index (χ1n) is 5.76. The van der Waals surface area contributed by atoms with Crippen molar-refractivity contribution >= 4 is 10.0 Å². The second kappa shape index (κ2) is 5.57. The number of rotatable bonds is 5. The summed E-state index contributed by atoms with van der Waals surface area (Å²) in [4.78, 5) is 4.02. The van der Waals surface area contributed by atoms with Crippen LogP contribution in [-0.4, -0.2) is 43.1 Å².